The molecule has 1 aromatic carbocycles. The molecule has 0 spiro atoms. The minimum absolute atomic E-state index is 0.0828. The van der Waals surface area contributed by atoms with Gasteiger partial charge >= 0.3 is 0 Å². The summed E-state index contributed by atoms with van der Waals surface area (Å²) in [6.07, 6.45) is 0. The second kappa shape index (κ2) is 5.41. The normalized spacial score (nSPS) is 11.1. The van der Waals surface area contributed by atoms with Crippen molar-refractivity contribution in [1.82, 2.24) is 10.3 Å². The molecule has 88 valence electrons. The third-order valence-electron chi connectivity index (χ3n) is 1.49. The van der Waals surface area contributed by atoms with Gasteiger partial charge in [-0.25, -0.2) is 8.42 Å². The van der Waals surface area contributed by atoms with Crippen molar-refractivity contribution in [3.05, 3.63) is 27.1 Å². The quantitative estimate of drug-likeness (QED) is 0.535. The molecule has 0 fully saturated rings. The predicted molar refractivity (Wildman–Crippen MR) is 72.1 cm³/mol. The molecule has 0 aliphatic rings. The summed E-state index contributed by atoms with van der Waals surface area (Å²) in [6, 6.07) is 4.67. The fourth-order valence-electron chi connectivity index (χ4n) is 0.866. The van der Waals surface area contributed by atoms with Gasteiger partial charge in [-0.2, -0.15) is 0 Å². The Kier molecular flexibility index (Phi) is 4.68. The highest BCUT2D eigenvalue weighted by molar-refractivity contribution is 9.11. The van der Waals surface area contributed by atoms with Gasteiger partial charge in [0.25, 0.3) is 10.0 Å². The van der Waals surface area contributed by atoms with E-state index in [0.717, 1.165) is 4.47 Å². The maximum Gasteiger partial charge on any atom is 0.258 e. The Hall–Kier alpha value is -0.220. The first kappa shape index (κ1) is 13.8. The van der Waals surface area contributed by atoms with Crippen molar-refractivity contribution in [2.24, 2.45) is 5.73 Å². The molecule has 0 aliphatic carbocycles. The van der Waals surface area contributed by atoms with Crippen molar-refractivity contribution >= 4 is 59.2 Å². The van der Waals surface area contributed by atoms with Gasteiger partial charge in [-0.05, 0) is 46.3 Å². The number of halogens is 2. The molecule has 0 saturated carbocycles. The van der Waals surface area contributed by atoms with E-state index in [4.69, 9.17) is 5.73 Å². The van der Waals surface area contributed by atoms with Crippen LogP contribution in [0.3, 0.4) is 0 Å². The topological polar surface area (TPSA) is 84.2 Å². The standard InChI is InChI=1S/C7H7Br2N3O2S2/c8-4-1-2-6(5(9)3-4)16(13,14)12-11-7(10)15/h1-3,12H,(H3,10,11,15). The third-order valence-corrected chi connectivity index (χ3v) is 4.31. The largest absolute Gasteiger partial charge is 0.375 e. The number of sulfonamides is 1. The number of nitrogens with two attached hydrogens (primary N) is 1. The SMILES string of the molecule is NC(=S)NNS(=O)(=O)c1ccc(Br)cc1Br. The van der Waals surface area contributed by atoms with Crippen molar-refractivity contribution in [3.8, 4) is 0 Å². The van der Waals surface area contributed by atoms with E-state index >= 15 is 0 Å². The van der Waals surface area contributed by atoms with Crippen molar-refractivity contribution in [2.45, 2.75) is 4.90 Å². The van der Waals surface area contributed by atoms with Crippen molar-refractivity contribution in [1.29, 1.82) is 0 Å². The van der Waals surface area contributed by atoms with Crippen LogP contribution in [0.5, 0.6) is 0 Å². The minimum atomic E-state index is -3.70. The molecule has 0 saturated heterocycles. The van der Waals surface area contributed by atoms with Gasteiger partial charge in [0.05, 0.1) is 4.90 Å². The molecule has 0 amide bonds. The van der Waals surface area contributed by atoms with E-state index in [-0.39, 0.29) is 10.0 Å². The van der Waals surface area contributed by atoms with E-state index in [1.165, 1.54) is 6.07 Å². The molecular formula is C7H7Br2N3O2S2. The zero-order valence-corrected chi connectivity index (χ0v) is 12.5. The Bertz CT molecular complexity index is 518. The van der Waals surface area contributed by atoms with Gasteiger partial charge < -0.3 is 5.73 Å². The number of thiocarbonyl (C=S) groups is 1. The number of hydrogen-bond donors (Lipinski definition) is 3. The molecular weight excluding hydrogens is 382 g/mol. The lowest BCUT2D eigenvalue weighted by molar-refractivity contribution is 0.577. The van der Waals surface area contributed by atoms with Crippen LogP contribution in [-0.2, 0) is 10.0 Å². The van der Waals surface area contributed by atoms with Gasteiger partial charge in [-0.15, -0.1) is 4.83 Å². The highest BCUT2D eigenvalue weighted by Crippen LogP contribution is 2.25. The third kappa shape index (κ3) is 3.67. The first-order valence-corrected chi connectivity index (χ1v) is 7.33. The van der Waals surface area contributed by atoms with Crippen LogP contribution < -0.4 is 16.0 Å². The molecule has 0 aromatic heterocycles. The van der Waals surface area contributed by atoms with Crippen LogP contribution in [0.4, 0.5) is 0 Å². The maximum atomic E-state index is 11.7. The second-order valence-electron chi connectivity index (χ2n) is 2.67. The van der Waals surface area contributed by atoms with Gasteiger partial charge in [-0.1, -0.05) is 15.9 Å². The summed E-state index contributed by atoms with van der Waals surface area (Å²) >= 11 is 10.9. The van der Waals surface area contributed by atoms with Crippen LogP contribution in [0.1, 0.15) is 0 Å². The highest BCUT2D eigenvalue weighted by atomic mass is 79.9. The van der Waals surface area contributed by atoms with Crippen molar-refractivity contribution in [2.75, 3.05) is 0 Å². The average molecular weight is 389 g/mol. The Labute approximate surface area is 115 Å². The highest BCUT2D eigenvalue weighted by Gasteiger charge is 2.17. The molecule has 1 aromatic rings. The van der Waals surface area contributed by atoms with Gasteiger partial charge in [-0.3, -0.25) is 5.43 Å². The Morgan fingerprint density at radius 2 is 2.00 bits per heavy atom. The Morgan fingerprint density at radius 1 is 1.38 bits per heavy atom. The maximum absolute atomic E-state index is 11.7. The van der Waals surface area contributed by atoms with Gasteiger partial charge in [0.15, 0.2) is 5.11 Å². The fourth-order valence-corrected chi connectivity index (χ4v) is 3.58. The fraction of sp³-hybridized carbons (Fsp3) is 0. The average Bonchev–Trinajstić information content (AvgIpc) is 2.14. The predicted octanol–water partition coefficient (Wildman–Crippen LogP) is 1.24. The second-order valence-corrected chi connectivity index (χ2v) is 6.53. The lowest BCUT2D eigenvalue weighted by Crippen LogP contribution is -2.44. The first-order chi connectivity index (χ1) is 7.33. The molecule has 9 heteroatoms. The molecule has 1 rings (SSSR count). The van der Waals surface area contributed by atoms with Crippen LogP contribution in [-0.4, -0.2) is 13.5 Å². The number of benzene rings is 1. The number of rotatable bonds is 3. The van der Waals surface area contributed by atoms with Crippen LogP contribution in [0.25, 0.3) is 0 Å². The summed E-state index contributed by atoms with van der Waals surface area (Å²) < 4.78 is 24.7. The number of hydrazine groups is 1. The molecule has 4 N–H and O–H groups in total. The smallest absolute Gasteiger partial charge is 0.258 e. The van der Waals surface area contributed by atoms with Gasteiger partial charge in [0.1, 0.15) is 0 Å². The van der Waals surface area contributed by atoms with Crippen LogP contribution >= 0.6 is 44.1 Å². The van der Waals surface area contributed by atoms with Crippen molar-refractivity contribution < 1.29 is 8.42 Å². The van der Waals surface area contributed by atoms with Crippen LogP contribution in [0.15, 0.2) is 32.0 Å². The molecule has 0 heterocycles. The van der Waals surface area contributed by atoms with Crippen LogP contribution in [0, 0.1) is 0 Å². The Balaban J connectivity index is 3.03. The molecule has 0 aliphatic heterocycles. The van der Waals surface area contributed by atoms with Crippen LogP contribution in [0.2, 0.25) is 0 Å². The molecule has 5 nitrogen and oxygen atoms in total. The number of hydrogen-bond acceptors (Lipinski definition) is 3. The summed E-state index contributed by atoms with van der Waals surface area (Å²) in [5, 5.41) is -0.156. The van der Waals surface area contributed by atoms with E-state index in [0.29, 0.717) is 4.47 Å². The molecule has 0 unspecified atom stereocenters. The summed E-state index contributed by atoms with van der Waals surface area (Å²) in [6.45, 7) is 0. The van der Waals surface area contributed by atoms with E-state index in [1.807, 2.05) is 4.83 Å². The zero-order valence-electron chi connectivity index (χ0n) is 7.70. The van der Waals surface area contributed by atoms with E-state index in [9.17, 15) is 8.42 Å². The van der Waals surface area contributed by atoms with Crippen molar-refractivity contribution in [3.63, 3.8) is 0 Å². The summed E-state index contributed by atoms with van der Waals surface area (Å²) in [5.74, 6) is 0. The lowest BCUT2D eigenvalue weighted by atomic mass is 10.4. The zero-order chi connectivity index (χ0) is 12.3. The molecule has 0 bridgehead atoms. The first-order valence-electron chi connectivity index (χ1n) is 3.85. The van der Waals surface area contributed by atoms with E-state index in [2.05, 4.69) is 49.5 Å². The molecule has 0 atom stereocenters. The summed E-state index contributed by atoms with van der Waals surface area (Å²) in [5.41, 5.74) is 7.28. The van der Waals surface area contributed by atoms with E-state index < -0.39 is 10.0 Å². The summed E-state index contributed by atoms with van der Waals surface area (Å²) in [4.78, 5) is 2.13. The molecule has 0 radical (unpaired) electrons. The Morgan fingerprint density at radius 3 is 2.50 bits per heavy atom. The van der Waals surface area contributed by atoms with Gasteiger partial charge in [0.2, 0.25) is 0 Å². The molecule has 16 heavy (non-hydrogen) atoms. The minimum Gasteiger partial charge on any atom is -0.375 e. The summed E-state index contributed by atoms with van der Waals surface area (Å²) in [7, 11) is -3.70. The van der Waals surface area contributed by atoms with E-state index in [1.54, 1.807) is 12.1 Å². The van der Waals surface area contributed by atoms with Gasteiger partial charge in [0, 0.05) is 8.95 Å². The monoisotopic (exact) mass is 387 g/mol. The lowest BCUT2D eigenvalue weighted by Gasteiger charge is -2.09. The number of nitrogens with one attached hydrogen (secondary N) is 2.